The quantitative estimate of drug-likeness (QED) is 0.506. The highest BCUT2D eigenvalue weighted by atomic mass is 19.4. The van der Waals surface area contributed by atoms with E-state index >= 15 is 0 Å². The second-order valence-electron chi connectivity index (χ2n) is 6.50. The van der Waals surface area contributed by atoms with E-state index in [1.165, 1.54) is 6.07 Å². The molecule has 0 heterocycles. The minimum Gasteiger partial charge on any atom is -0.366 e. The number of nitrogens with zero attached hydrogens (tertiary/aromatic N) is 3. The van der Waals surface area contributed by atoms with Crippen molar-refractivity contribution in [3.05, 3.63) is 64.2 Å². The topological polar surface area (TPSA) is 39.4 Å². The molecule has 0 saturated carbocycles. The highest BCUT2D eigenvalue weighted by Crippen LogP contribution is 2.35. The predicted molar refractivity (Wildman–Crippen MR) is 101 cm³/mol. The Kier molecular flexibility index (Phi) is 6.27. The Morgan fingerprint density at radius 1 is 1.19 bits per heavy atom. The van der Waals surface area contributed by atoms with Crippen LogP contribution in [0.5, 0.6) is 0 Å². The first kappa shape index (κ1) is 20.5. The number of benzene rings is 2. The lowest BCUT2D eigenvalue weighted by Crippen LogP contribution is -2.14. The van der Waals surface area contributed by atoms with Gasteiger partial charge in [-0.15, -0.1) is 0 Å². The van der Waals surface area contributed by atoms with Gasteiger partial charge in [-0.1, -0.05) is 24.3 Å². The van der Waals surface area contributed by atoms with E-state index in [1.54, 1.807) is 12.4 Å². The van der Waals surface area contributed by atoms with E-state index in [-0.39, 0.29) is 0 Å². The van der Waals surface area contributed by atoms with Crippen molar-refractivity contribution in [3.8, 4) is 6.07 Å². The van der Waals surface area contributed by atoms with Crippen LogP contribution in [-0.2, 0) is 6.18 Å². The fourth-order valence-electron chi connectivity index (χ4n) is 2.73. The summed E-state index contributed by atoms with van der Waals surface area (Å²) >= 11 is 0. The third-order valence-electron chi connectivity index (χ3n) is 4.46. The minimum atomic E-state index is -4.44. The molecule has 0 spiro atoms. The number of rotatable bonds is 5. The molecular formula is C21H22F3N3. The van der Waals surface area contributed by atoms with Crippen molar-refractivity contribution >= 4 is 12.0 Å². The molecule has 2 aromatic carbocycles. The minimum absolute atomic E-state index is 0.330. The smallest absolute Gasteiger partial charge is 0.366 e. The molecule has 0 saturated heterocycles. The summed E-state index contributed by atoms with van der Waals surface area (Å²) in [5.41, 5.74) is 2.73. The van der Waals surface area contributed by atoms with Gasteiger partial charge in [0.2, 0.25) is 0 Å². The van der Waals surface area contributed by atoms with Gasteiger partial charge in [-0.2, -0.15) is 18.4 Å². The fourth-order valence-corrected chi connectivity index (χ4v) is 2.73. The highest BCUT2D eigenvalue weighted by molar-refractivity contribution is 5.64. The first-order chi connectivity index (χ1) is 12.7. The van der Waals surface area contributed by atoms with Crippen LogP contribution in [0.4, 0.5) is 18.9 Å². The molecule has 0 amide bonds. The summed E-state index contributed by atoms with van der Waals surface area (Å²) in [6, 6.07) is 10.8. The molecule has 3 nitrogen and oxygen atoms in total. The normalized spacial score (nSPS) is 12.8. The molecule has 2 rings (SSSR count). The van der Waals surface area contributed by atoms with Gasteiger partial charge >= 0.3 is 6.18 Å². The molecule has 0 fully saturated rings. The maximum absolute atomic E-state index is 13.0. The van der Waals surface area contributed by atoms with Crippen molar-refractivity contribution < 1.29 is 13.2 Å². The first-order valence-corrected chi connectivity index (χ1v) is 8.59. The van der Waals surface area contributed by atoms with E-state index in [4.69, 9.17) is 0 Å². The Balaban J connectivity index is 2.46. The van der Waals surface area contributed by atoms with Crippen LogP contribution < -0.4 is 0 Å². The van der Waals surface area contributed by atoms with Crippen LogP contribution in [-0.4, -0.2) is 24.8 Å². The van der Waals surface area contributed by atoms with Gasteiger partial charge in [-0.25, -0.2) is 4.99 Å². The molecular weight excluding hydrogens is 351 g/mol. The lowest BCUT2D eigenvalue weighted by molar-refractivity contribution is -0.137. The van der Waals surface area contributed by atoms with Crippen LogP contribution in [0.15, 0.2) is 41.4 Å². The second kappa shape index (κ2) is 8.26. The number of nitriles is 1. The average Bonchev–Trinajstić information content (AvgIpc) is 2.63. The zero-order valence-corrected chi connectivity index (χ0v) is 15.8. The Bertz CT molecular complexity index is 879. The summed E-state index contributed by atoms with van der Waals surface area (Å²) in [4.78, 5) is 6.39. The molecule has 142 valence electrons. The highest BCUT2D eigenvalue weighted by Gasteiger charge is 2.31. The van der Waals surface area contributed by atoms with E-state index in [1.807, 2.05) is 44.9 Å². The molecule has 0 aliphatic carbocycles. The zero-order valence-electron chi connectivity index (χ0n) is 15.8. The Labute approximate surface area is 157 Å². The number of aliphatic imine (C=N–C) groups is 1. The van der Waals surface area contributed by atoms with Crippen LogP contribution in [0, 0.1) is 25.2 Å². The van der Waals surface area contributed by atoms with Gasteiger partial charge < -0.3 is 4.90 Å². The van der Waals surface area contributed by atoms with Gasteiger partial charge in [-0.3, -0.25) is 0 Å². The van der Waals surface area contributed by atoms with E-state index in [2.05, 4.69) is 11.1 Å². The summed E-state index contributed by atoms with van der Waals surface area (Å²) in [6.45, 7) is 6.56. The van der Waals surface area contributed by atoms with Crippen LogP contribution in [0.2, 0.25) is 0 Å². The number of alkyl halides is 3. The van der Waals surface area contributed by atoms with E-state index in [0.29, 0.717) is 11.1 Å². The monoisotopic (exact) mass is 373 g/mol. The van der Waals surface area contributed by atoms with Crippen LogP contribution >= 0.6 is 0 Å². The fraction of sp³-hybridized carbons (Fsp3) is 0.333. The molecule has 0 aliphatic rings. The van der Waals surface area contributed by atoms with Crippen LogP contribution in [0.1, 0.15) is 40.7 Å². The molecule has 1 unspecified atom stereocenters. The molecule has 2 aromatic rings. The lowest BCUT2D eigenvalue weighted by Gasteiger charge is -2.17. The van der Waals surface area contributed by atoms with Crippen molar-refractivity contribution in [2.75, 3.05) is 13.6 Å². The molecule has 0 aliphatic heterocycles. The molecule has 6 heteroatoms. The maximum Gasteiger partial charge on any atom is 0.416 e. The van der Waals surface area contributed by atoms with Crippen LogP contribution in [0.3, 0.4) is 0 Å². The maximum atomic E-state index is 13.0. The Morgan fingerprint density at radius 3 is 2.48 bits per heavy atom. The third kappa shape index (κ3) is 4.88. The van der Waals surface area contributed by atoms with E-state index in [9.17, 15) is 18.4 Å². The van der Waals surface area contributed by atoms with Crippen molar-refractivity contribution in [3.63, 3.8) is 0 Å². The van der Waals surface area contributed by atoms with Gasteiger partial charge in [0.05, 0.1) is 29.6 Å². The van der Waals surface area contributed by atoms with Gasteiger partial charge in [0, 0.05) is 13.6 Å². The predicted octanol–water partition coefficient (Wildman–Crippen LogP) is 5.59. The zero-order chi connectivity index (χ0) is 20.2. The van der Waals surface area contributed by atoms with Gasteiger partial charge in [-0.05, 0) is 55.2 Å². The van der Waals surface area contributed by atoms with E-state index in [0.717, 1.165) is 35.5 Å². The molecule has 0 radical (unpaired) electrons. The summed E-state index contributed by atoms with van der Waals surface area (Å²) in [7, 11) is 1.92. The SMILES string of the molecule is CCN(C)/C=N\c1cc(C)c(C(C#N)c2cccc(C(F)(F)F)c2)cc1C. The standard InChI is InChI=1S/C21H22F3N3/c1-5-27(4)13-26-20-10-14(2)18(9-15(20)3)19(12-25)16-7-6-8-17(11-16)21(22,23)24/h6-11,13,19H,5H2,1-4H3/b26-13-. The van der Waals surface area contributed by atoms with Crippen molar-refractivity contribution in [2.45, 2.75) is 32.9 Å². The first-order valence-electron chi connectivity index (χ1n) is 8.59. The second-order valence-corrected chi connectivity index (χ2v) is 6.50. The Morgan fingerprint density at radius 2 is 1.89 bits per heavy atom. The number of aryl methyl sites for hydroxylation is 2. The number of hydrogen-bond acceptors (Lipinski definition) is 2. The molecule has 0 N–H and O–H groups in total. The summed E-state index contributed by atoms with van der Waals surface area (Å²) in [5.74, 6) is -0.776. The number of hydrogen-bond donors (Lipinski definition) is 0. The summed E-state index contributed by atoms with van der Waals surface area (Å²) in [5, 5.41) is 9.65. The average molecular weight is 373 g/mol. The van der Waals surface area contributed by atoms with Gasteiger partial charge in [0.25, 0.3) is 0 Å². The van der Waals surface area contributed by atoms with Crippen LogP contribution in [0.25, 0.3) is 0 Å². The van der Waals surface area contributed by atoms with Crippen molar-refractivity contribution in [1.82, 2.24) is 4.90 Å². The third-order valence-corrected chi connectivity index (χ3v) is 4.46. The molecule has 27 heavy (non-hydrogen) atoms. The van der Waals surface area contributed by atoms with Crippen molar-refractivity contribution in [1.29, 1.82) is 5.26 Å². The van der Waals surface area contributed by atoms with E-state index < -0.39 is 17.7 Å². The molecule has 0 aromatic heterocycles. The summed E-state index contributed by atoms with van der Waals surface area (Å²) < 4.78 is 39.0. The molecule has 0 bridgehead atoms. The Hall–Kier alpha value is -2.81. The van der Waals surface area contributed by atoms with Crippen molar-refractivity contribution in [2.24, 2.45) is 4.99 Å². The number of halogens is 3. The van der Waals surface area contributed by atoms with Gasteiger partial charge in [0.15, 0.2) is 0 Å². The summed E-state index contributed by atoms with van der Waals surface area (Å²) in [6.07, 6.45) is -2.71. The lowest BCUT2D eigenvalue weighted by atomic mass is 9.87. The largest absolute Gasteiger partial charge is 0.416 e. The molecule has 1 atom stereocenters. The van der Waals surface area contributed by atoms with Gasteiger partial charge in [0.1, 0.15) is 0 Å².